The summed E-state index contributed by atoms with van der Waals surface area (Å²) >= 11 is 0. The number of carbonyl (C=O) groups is 2. The van der Waals surface area contributed by atoms with Crippen molar-refractivity contribution in [1.82, 2.24) is 9.80 Å². The fourth-order valence-corrected chi connectivity index (χ4v) is 4.28. The first-order valence-electron chi connectivity index (χ1n) is 11.7. The molecule has 1 atom stereocenters. The highest BCUT2D eigenvalue weighted by Crippen LogP contribution is 2.40. The van der Waals surface area contributed by atoms with Gasteiger partial charge in [-0.2, -0.15) is 0 Å². The fraction of sp³-hybridized carbons (Fsp3) is 0.357. The highest BCUT2D eigenvalue weighted by atomic mass is 16.5. The van der Waals surface area contributed by atoms with Crippen LogP contribution in [0.5, 0.6) is 5.75 Å². The predicted molar refractivity (Wildman–Crippen MR) is 135 cm³/mol. The van der Waals surface area contributed by atoms with E-state index in [0.29, 0.717) is 31.0 Å². The zero-order valence-corrected chi connectivity index (χ0v) is 20.5. The van der Waals surface area contributed by atoms with E-state index in [-0.39, 0.29) is 11.3 Å². The summed E-state index contributed by atoms with van der Waals surface area (Å²) in [5.41, 5.74) is 3.24. The van der Waals surface area contributed by atoms with Gasteiger partial charge in [0.1, 0.15) is 18.1 Å². The number of nitrogens with zero attached hydrogens (tertiary/aromatic N) is 2. The van der Waals surface area contributed by atoms with E-state index in [2.05, 4.69) is 25.3 Å². The molecule has 1 aliphatic rings. The van der Waals surface area contributed by atoms with Gasteiger partial charge in [0.05, 0.1) is 11.6 Å². The molecule has 6 heteroatoms. The molecule has 0 aliphatic carbocycles. The highest BCUT2D eigenvalue weighted by Gasteiger charge is 2.46. The number of ketones is 1. The minimum atomic E-state index is -0.677. The topological polar surface area (TPSA) is 70.1 Å². The molecule has 1 heterocycles. The van der Waals surface area contributed by atoms with Crippen LogP contribution in [0, 0.1) is 13.8 Å². The molecule has 1 amide bonds. The molecule has 1 saturated heterocycles. The number of aliphatic hydroxyl groups excluding tert-OH is 1. The SMILES string of the molecule is C=CCOc1ccc(C2C(=C(O)c3cc(C)ccc3C)C(=O)C(=O)N2CCN(CC)CC)cc1. The quantitative estimate of drug-likeness (QED) is 0.241. The lowest BCUT2D eigenvalue weighted by Crippen LogP contribution is -2.38. The Morgan fingerprint density at radius 1 is 1.12 bits per heavy atom. The molecule has 1 fully saturated rings. The van der Waals surface area contributed by atoms with Crippen molar-refractivity contribution in [2.75, 3.05) is 32.8 Å². The molecule has 0 bridgehead atoms. The van der Waals surface area contributed by atoms with E-state index in [1.165, 1.54) is 0 Å². The van der Waals surface area contributed by atoms with Crippen LogP contribution in [0.1, 0.15) is 42.1 Å². The third-order valence-electron chi connectivity index (χ3n) is 6.30. The Hall–Kier alpha value is -3.38. The fourth-order valence-electron chi connectivity index (χ4n) is 4.28. The van der Waals surface area contributed by atoms with E-state index in [4.69, 9.17) is 4.74 Å². The second kappa shape index (κ2) is 11.2. The van der Waals surface area contributed by atoms with Crippen LogP contribution < -0.4 is 4.74 Å². The lowest BCUT2D eigenvalue weighted by atomic mass is 9.93. The van der Waals surface area contributed by atoms with Crippen LogP contribution in [-0.4, -0.2) is 59.4 Å². The van der Waals surface area contributed by atoms with E-state index >= 15 is 0 Å². The molecule has 6 nitrogen and oxygen atoms in total. The highest BCUT2D eigenvalue weighted by molar-refractivity contribution is 6.46. The zero-order chi connectivity index (χ0) is 24.8. The normalized spacial score (nSPS) is 17.4. The summed E-state index contributed by atoms with van der Waals surface area (Å²) in [5, 5.41) is 11.3. The summed E-state index contributed by atoms with van der Waals surface area (Å²) < 4.78 is 5.59. The zero-order valence-electron chi connectivity index (χ0n) is 20.5. The molecule has 2 aromatic carbocycles. The van der Waals surface area contributed by atoms with Crippen LogP contribution in [0.25, 0.3) is 5.76 Å². The number of aliphatic hydroxyl groups is 1. The third-order valence-corrected chi connectivity index (χ3v) is 6.30. The van der Waals surface area contributed by atoms with Crippen molar-refractivity contribution in [1.29, 1.82) is 0 Å². The maximum atomic E-state index is 13.2. The molecule has 0 spiro atoms. The largest absolute Gasteiger partial charge is 0.507 e. The van der Waals surface area contributed by atoms with Crippen LogP contribution in [0.3, 0.4) is 0 Å². The van der Waals surface area contributed by atoms with Gasteiger partial charge in [-0.3, -0.25) is 9.59 Å². The summed E-state index contributed by atoms with van der Waals surface area (Å²) in [7, 11) is 0. The Balaban J connectivity index is 2.10. The minimum Gasteiger partial charge on any atom is -0.507 e. The Labute approximate surface area is 202 Å². The van der Waals surface area contributed by atoms with E-state index in [1.807, 2.05) is 44.2 Å². The molecule has 1 N–H and O–H groups in total. The lowest BCUT2D eigenvalue weighted by molar-refractivity contribution is -0.140. The summed E-state index contributed by atoms with van der Waals surface area (Å²) in [4.78, 5) is 30.2. The minimum absolute atomic E-state index is 0.123. The van der Waals surface area contributed by atoms with Crippen molar-refractivity contribution >= 4 is 17.4 Å². The second-order valence-electron chi connectivity index (χ2n) is 8.51. The molecule has 0 aromatic heterocycles. The number of aryl methyl sites for hydroxylation is 2. The van der Waals surface area contributed by atoms with Gasteiger partial charge >= 0.3 is 0 Å². The molecule has 0 saturated carbocycles. The van der Waals surface area contributed by atoms with Gasteiger partial charge in [0.2, 0.25) is 0 Å². The van der Waals surface area contributed by atoms with Gasteiger partial charge in [-0.15, -0.1) is 0 Å². The van der Waals surface area contributed by atoms with Gasteiger partial charge in [0, 0.05) is 18.7 Å². The van der Waals surface area contributed by atoms with Crippen LogP contribution >= 0.6 is 0 Å². The Morgan fingerprint density at radius 3 is 2.41 bits per heavy atom. The second-order valence-corrected chi connectivity index (χ2v) is 8.51. The van der Waals surface area contributed by atoms with Gasteiger partial charge in [-0.05, 0) is 56.3 Å². The monoisotopic (exact) mass is 462 g/mol. The van der Waals surface area contributed by atoms with Crippen molar-refractivity contribution < 1.29 is 19.4 Å². The Morgan fingerprint density at radius 2 is 1.79 bits per heavy atom. The van der Waals surface area contributed by atoms with E-state index < -0.39 is 17.7 Å². The van der Waals surface area contributed by atoms with E-state index in [9.17, 15) is 14.7 Å². The van der Waals surface area contributed by atoms with Crippen molar-refractivity contribution in [2.24, 2.45) is 0 Å². The molecule has 2 aromatic rings. The number of carbonyl (C=O) groups excluding carboxylic acids is 2. The molecule has 180 valence electrons. The van der Waals surface area contributed by atoms with Crippen molar-refractivity contribution in [3.8, 4) is 5.75 Å². The molecular formula is C28H34N2O4. The molecular weight excluding hydrogens is 428 g/mol. The standard InChI is InChI=1S/C28H34N2O4/c1-6-17-34-22-13-11-21(12-14-22)25-24(26(31)23-18-19(4)9-10-20(23)5)27(32)28(33)30(25)16-15-29(7-2)8-3/h6,9-14,18,25,31H,1,7-8,15-17H2,2-5H3. The van der Waals surface area contributed by atoms with Crippen LogP contribution in [0.4, 0.5) is 0 Å². The Bertz CT molecular complexity index is 1080. The van der Waals surface area contributed by atoms with Crippen LogP contribution in [-0.2, 0) is 9.59 Å². The summed E-state index contributed by atoms with van der Waals surface area (Å²) in [6.07, 6.45) is 1.67. The van der Waals surface area contributed by atoms with Crippen molar-refractivity contribution in [3.05, 3.63) is 82.9 Å². The predicted octanol–water partition coefficient (Wildman–Crippen LogP) is 4.63. The van der Waals surface area contributed by atoms with Gasteiger partial charge in [-0.25, -0.2) is 0 Å². The number of likely N-dealkylation sites (tertiary alicyclic amines) is 1. The maximum Gasteiger partial charge on any atom is 0.295 e. The van der Waals surface area contributed by atoms with E-state index in [1.54, 1.807) is 23.1 Å². The summed E-state index contributed by atoms with van der Waals surface area (Å²) in [6, 6.07) is 12.3. The molecule has 34 heavy (non-hydrogen) atoms. The number of hydrogen-bond acceptors (Lipinski definition) is 5. The van der Waals surface area contributed by atoms with Crippen molar-refractivity contribution in [3.63, 3.8) is 0 Å². The number of likely N-dealkylation sites (N-methyl/N-ethyl adjacent to an activating group) is 1. The van der Waals surface area contributed by atoms with Crippen LogP contribution in [0.15, 0.2) is 60.7 Å². The van der Waals surface area contributed by atoms with E-state index in [0.717, 1.165) is 29.8 Å². The number of benzene rings is 2. The summed E-state index contributed by atoms with van der Waals surface area (Å²) in [6.45, 7) is 14.7. The van der Waals surface area contributed by atoms with Gasteiger partial charge < -0.3 is 19.6 Å². The average Bonchev–Trinajstić information content (AvgIpc) is 3.09. The number of amides is 1. The number of Topliss-reactive ketones (excluding diaryl/α,β-unsaturated/α-hetero) is 1. The number of rotatable bonds is 10. The average molecular weight is 463 g/mol. The molecule has 0 radical (unpaired) electrons. The first-order valence-corrected chi connectivity index (χ1v) is 11.7. The van der Waals surface area contributed by atoms with Crippen LogP contribution in [0.2, 0.25) is 0 Å². The Kier molecular flexibility index (Phi) is 8.29. The van der Waals surface area contributed by atoms with Gasteiger partial charge in [0.25, 0.3) is 11.7 Å². The molecule has 3 rings (SSSR count). The maximum absolute atomic E-state index is 13.2. The first kappa shape index (κ1) is 25.2. The molecule has 1 unspecified atom stereocenters. The van der Waals surface area contributed by atoms with Gasteiger partial charge in [-0.1, -0.05) is 56.3 Å². The third kappa shape index (κ3) is 5.23. The smallest absolute Gasteiger partial charge is 0.295 e. The number of ether oxygens (including phenoxy) is 1. The summed E-state index contributed by atoms with van der Waals surface area (Å²) in [5.74, 6) is -0.717. The van der Waals surface area contributed by atoms with Gasteiger partial charge in [0.15, 0.2) is 0 Å². The first-order chi connectivity index (χ1) is 16.3. The number of hydrogen-bond donors (Lipinski definition) is 1. The van der Waals surface area contributed by atoms with Crippen molar-refractivity contribution in [2.45, 2.75) is 33.7 Å². The molecule has 1 aliphatic heterocycles. The lowest BCUT2D eigenvalue weighted by Gasteiger charge is -2.28.